The molecule has 138 valence electrons. The number of esters is 1. The Bertz CT molecular complexity index is 904. The fourth-order valence-electron chi connectivity index (χ4n) is 3.69. The zero-order chi connectivity index (χ0) is 19.4. The van der Waals surface area contributed by atoms with Crippen molar-refractivity contribution in [3.8, 4) is 11.8 Å². The fraction of sp³-hybridized carbons (Fsp3) is 0.318. The number of anilines is 1. The quantitative estimate of drug-likeness (QED) is 0.652. The fourth-order valence-corrected chi connectivity index (χ4v) is 3.69. The van der Waals surface area contributed by atoms with Crippen LogP contribution < -0.4 is 10.1 Å². The third kappa shape index (κ3) is 3.85. The van der Waals surface area contributed by atoms with Crippen molar-refractivity contribution in [2.75, 3.05) is 5.32 Å². The van der Waals surface area contributed by atoms with Gasteiger partial charge in [-0.25, -0.2) is 0 Å². The Balaban J connectivity index is 1.87. The average Bonchev–Trinajstić information content (AvgIpc) is 3.14. The van der Waals surface area contributed by atoms with Gasteiger partial charge in [0.05, 0.1) is 11.0 Å². The number of hydrogen-bond donors (Lipinski definition) is 1. The molecule has 1 N–H and O–H groups in total. The van der Waals surface area contributed by atoms with Crippen LogP contribution in [0.25, 0.3) is 0 Å². The molecule has 0 atom stereocenters. The van der Waals surface area contributed by atoms with Crippen LogP contribution in [0, 0.1) is 18.3 Å². The molecular formula is C22H22N2O3. The lowest BCUT2D eigenvalue weighted by atomic mass is 9.77. The van der Waals surface area contributed by atoms with E-state index in [-0.39, 0.29) is 17.2 Å². The highest BCUT2D eigenvalue weighted by atomic mass is 16.5. The third-order valence-electron chi connectivity index (χ3n) is 5.11. The third-order valence-corrected chi connectivity index (χ3v) is 5.11. The predicted molar refractivity (Wildman–Crippen MR) is 102 cm³/mol. The first-order valence-corrected chi connectivity index (χ1v) is 9.06. The van der Waals surface area contributed by atoms with Gasteiger partial charge in [-0.15, -0.1) is 0 Å². The maximum absolute atomic E-state index is 13.2. The Labute approximate surface area is 159 Å². The summed E-state index contributed by atoms with van der Waals surface area (Å²) in [7, 11) is 0. The summed E-state index contributed by atoms with van der Waals surface area (Å²) in [5.74, 6) is -0.363. The molecule has 5 heteroatoms. The lowest BCUT2D eigenvalue weighted by Crippen LogP contribution is -2.38. The number of hydrogen-bond acceptors (Lipinski definition) is 4. The molecule has 0 aliphatic heterocycles. The second-order valence-corrected chi connectivity index (χ2v) is 7.03. The van der Waals surface area contributed by atoms with Gasteiger partial charge in [0.1, 0.15) is 11.8 Å². The molecule has 1 fully saturated rings. The SMILES string of the molecule is CC(=O)Oc1ccc(NC(=O)C2(c3ccc(C)cc3)CCCC2)cc1C#N. The summed E-state index contributed by atoms with van der Waals surface area (Å²) in [6, 6.07) is 14.8. The molecule has 5 nitrogen and oxygen atoms in total. The molecule has 0 unspecified atom stereocenters. The minimum atomic E-state index is -0.547. The Kier molecular flexibility index (Phi) is 5.27. The summed E-state index contributed by atoms with van der Waals surface area (Å²) >= 11 is 0. The van der Waals surface area contributed by atoms with E-state index in [0.29, 0.717) is 5.69 Å². The highest BCUT2D eigenvalue weighted by molar-refractivity contribution is 5.99. The van der Waals surface area contributed by atoms with E-state index in [2.05, 4.69) is 5.32 Å². The van der Waals surface area contributed by atoms with Crippen molar-refractivity contribution in [2.24, 2.45) is 0 Å². The molecule has 1 aliphatic rings. The van der Waals surface area contributed by atoms with E-state index in [1.165, 1.54) is 19.1 Å². The van der Waals surface area contributed by atoms with E-state index < -0.39 is 11.4 Å². The molecule has 1 saturated carbocycles. The molecule has 1 amide bonds. The number of nitrogens with zero attached hydrogens (tertiary/aromatic N) is 1. The van der Waals surface area contributed by atoms with E-state index in [4.69, 9.17) is 4.74 Å². The first kappa shape index (κ1) is 18.7. The summed E-state index contributed by atoms with van der Waals surface area (Å²) < 4.78 is 5.02. The molecule has 0 aromatic heterocycles. The zero-order valence-electron chi connectivity index (χ0n) is 15.5. The molecule has 0 bridgehead atoms. The molecule has 27 heavy (non-hydrogen) atoms. The maximum atomic E-state index is 13.2. The van der Waals surface area contributed by atoms with E-state index in [9.17, 15) is 14.9 Å². The second-order valence-electron chi connectivity index (χ2n) is 7.03. The van der Waals surface area contributed by atoms with Gasteiger partial charge >= 0.3 is 5.97 Å². The zero-order valence-corrected chi connectivity index (χ0v) is 15.5. The number of nitrogens with one attached hydrogen (secondary N) is 1. The molecule has 2 aromatic rings. The minimum Gasteiger partial charge on any atom is -0.425 e. The summed E-state index contributed by atoms with van der Waals surface area (Å²) in [6.45, 7) is 3.31. The number of benzene rings is 2. The van der Waals surface area contributed by atoms with Crippen LogP contribution in [0.15, 0.2) is 42.5 Å². The summed E-state index contributed by atoms with van der Waals surface area (Å²) in [4.78, 5) is 24.3. The van der Waals surface area contributed by atoms with Crippen molar-refractivity contribution in [1.82, 2.24) is 0 Å². The van der Waals surface area contributed by atoms with Gasteiger partial charge in [0, 0.05) is 12.6 Å². The molecular weight excluding hydrogens is 340 g/mol. The van der Waals surface area contributed by atoms with E-state index >= 15 is 0 Å². The highest BCUT2D eigenvalue weighted by Gasteiger charge is 2.42. The number of nitriles is 1. The van der Waals surface area contributed by atoms with Crippen LogP contribution in [0.4, 0.5) is 5.69 Å². The number of carbonyl (C=O) groups is 2. The van der Waals surface area contributed by atoms with Crippen LogP contribution in [-0.2, 0) is 15.0 Å². The minimum absolute atomic E-state index is 0.0621. The Morgan fingerprint density at radius 2 is 1.78 bits per heavy atom. The summed E-state index contributed by atoms with van der Waals surface area (Å²) in [5, 5.41) is 12.3. The topological polar surface area (TPSA) is 79.2 Å². The first-order valence-electron chi connectivity index (χ1n) is 9.06. The van der Waals surface area contributed by atoms with Gasteiger partial charge in [-0.1, -0.05) is 42.7 Å². The van der Waals surface area contributed by atoms with Crippen LogP contribution in [0.1, 0.15) is 49.3 Å². The number of amides is 1. The molecule has 2 aromatic carbocycles. The molecule has 3 rings (SSSR count). The van der Waals surface area contributed by atoms with Crippen molar-refractivity contribution in [2.45, 2.75) is 44.9 Å². The van der Waals surface area contributed by atoms with Gasteiger partial charge in [-0.3, -0.25) is 9.59 Å². The molecule has 1 aliphatic carbocycles. The molecule has 0 saturated heterocycles. The van der Waals surface area contributed by atoms with Crippen LogP contribution in [0.5, 0.6) is 5.75 Å². The Morgan fingerprint density at radius 3 is 2.37 bits per heavy atom. The molecule has 0 spiro atoms. The molecule has 0 heterocycles. The highest BCUT2D eigenvalue weighted by Crippen LogP contribution is 2.42. The van der Waals surface area contributed by atoms with Crippen molar-refractivity contribution in [3.05, 3.63) is 59.2 Å². The second kappa shape index (κ2) is 7.63. The van der Waals surface area contributed by atoms with Crippen molar-refractivity contribution < 1.29 is 14.3 Å². The van der Waals surface area contributed by atoms with Gasteiger partial charge in [-0.05, 0) is 43.5 Å². The standard InChI is InChI=1S/C22H22N2O3/c1-15-5-7-18(8-6-15)22(11-3-4-12-22)21(26)24-19-9-10-20(27-16(2)25)17(13-19)14-23/h5-10,13H,3-4,11-12H2,1-2H3,(H,24,26). The number of aryl methyl sites for hydroxylation is 1. The maximum Gasteiger partial charge on any atom is 0.308 e. The normalized spacial score (nSPS) is 15.0. The lowest BCUT2D eigenvalue weighted by molar-refractivity contribution is -0.132. The van der Waals surface area contributed by atoms with Crippen molar-refractivity contribution >= 4 is 17.6 Å². The van der Waals surface area contributed by atoms with Crippen LogP contribution in [0.2, 0.25) is 0 Å². The van der Waals surface area contributed by atoms with Gasteiger partial charge < -0.3 is 10.1 Å². The van der Waals surface area contributed by atoms with E-state index in [1.807, 2.05) is 37.3 Å². The van der Waals surface area contributed by atoms with Gasteiger partial charge in [0.2, 0.25) is 5.91 Å². The lowest BCUT2D eigenvalue weighted by Gasteiger charge is -2.28. The number of rotatable bonds is 4. The first-order chi connectivity index (χ1) is 12.9. The smallest absolute Gasteiger partial charge is 0.308 e. The average molecular weight is 362 g/mol. The largest absolute Gasteiger partial charge is 0.425 e. The van der Waals surface area contributed by atoms with Gasteiger partial charge in [0.15, 0.2) is 0 Å². The number of carbonyl (C=O) groups excluding carboxylic acids is 2. The van der Waals surface area contributed by atoms with Crippen LogP contribution in [-0.4, -0.2) is 11.9 Å². The summed E-state index contributed by atoms with van der Waals surface area (Å²) in [6.07, 6.45) is 3.63. The van der Waals surface area contributed by atoms with Crippen molar-refractivity contribution in [1.29, 1.82) is 5.26 Å². The van der Waals surface area contributed by atoms with Crippen molar-refractivity contribution in [3.63, 3.8) is 0 Å². The van der Waals surface area contributed by atoms with E-state index in [1.54, 1.807) is 6.07 Å². The van der Waals surface area contributed by atoms with Gasteiger partial charge in [0.25, 0.3) is 0 Å². The monoisotopic (exact) mass is 362 g/mol. The van der Waals surface area contributed by atoms with Crippen LogP contribution in [0.3, 0.4) is 0 Å². The Morgan fingerprint density at radius 1 is 1.11 bits per heavy atom. The van der Waals surface area contributed by atoms with E-state index in [0.717, 1.165) is 36.8 Å². The molecule has 0 radical (unpaired) electrons. The number of ether oxygens (including phenoxy) is 1. The predicted octanol–water partition coefficient (Wildman–Crippen LogP) is 4.24. The Hall–Kier alpha value is -3.13. The van der Waals surface area contributed by atoms with Crippen LogP contribution >= 0.6 is 0 Å². The van der Waals surface area contributed by atoms with Gasteiger partial charge in [-0.2, -0.15) is 5.26 Å². The summed E-state index contributed by atoms with van der Waals surface area (Å²) in [5.41, 5.74) is 2.37.